The van der Waals surface area contributed by atoms with Gasteiger partial charge in [-0.25, -0.2) is 9.37 Å². The predicted octanol–water partition coefficient (Wildman–Crippen LogP) is 3.58. The Hall–Kier alpha value is -1.92. The Balaban J connectivity index is 1.80. The van der Waals surface area contributed by atoms with Crippen molar-refractivity contribution in [3.63, 3.8) is 0 Å². The molecule has 0 unspecified atom stereocenters. The topological polar surface area (TPSA) is 45.2 Å². The lowest BCUT2D eigenvalue weighted by Gasteiger charge is -2.17. The smallest absolute Gasteiger partial charge is 0.253 e. The van der Waals surface area contributed by atoms with E-state index in [0.29, 0.717) is 12.1 Å². The summed E-state index contributed by atoms with van der Waals surface area (Å²) in [6, 6.07) is 9.74. The van der Waals surface area contributed by atoms with E-state index in [1.54, 1.807) is 36.2 Å². The van der Waals surface area contributed by atoms with E-state index in [1.165, 1.54) is 12.1 Å². The minimum atomic E-state index is -0.284. The van der Waals surface area contributed by atoms with Crippen molar-refractivity contribution < 1.29 is 9.18 Å². The van der Waals surface area contributed by atoms with Crippen molar-refractivity contribution in [2.24, 2.45) is 0 Å². The van der Waals surface area contributed by atoms with Gasteiger partial charge in [0.2, 0.25) is 0 Å². The molecular weight excluding hydrogens is 337 g/mol. The van der Waals surface area contributed by atoms with Crippen molar-refractivity contribution in [2.75, 3.05) is 25.4 Å². The van der Waals surface area contributed by atoms with Gasteiger partial charge in [0.15, 0.2) is 0 Å². The van der Waals surface area contributed by atoms with Crippen molar-refractivity contribution in [1.82, 2.24) is 15.2 Å². The maximum absolute atomic E-state index is 12.9. The highest BCUT2D eigenvalue weighted by atomic mass is 32.2. The molecule has 0 aliphatic rings. The molecule has 0 fully saturated rings. The number of pyridine rings is 1. The van der Waals surface area contributed by atoms with Gasteiger partial charge in [0.1, 0.15) is 5.82 Å². The summed E-state index contributed by atoms with van der Waals surface area (Å²) >= 11 is 1.69. The van der Waals surface area contributed by atoms with Gasteiger partial charge in [-0.05, 0) is 42.9 Å². The van der Waals surface area contributed by atoms with E-state index in [1.807, 2.05) is 6.07 Å². The van der Waals surface area contributed by atoms with Gasteiger partial charge in [0, 0.05) is 25.0 Å². The standard InChI is InChI=1S/C19H24FN3OS/c1-3-23(4-2)11-12-25-18-10-7-16(14-21-18)19(24)22-13-15-5-8-17(20)9-6-15/h5-10,14H,3-4,11-13H2,1-2H3,(H,22,24). The molecule has 0 bridgehead atoms. The number of benzene rings is 1. The highest BCUT2D eigenvalue weighted by Crippen LogP contribution is 2.15. The van der Waals surface area contributed by atoms with Crippen LogP contribution < -0.4 is 5.32 Å². The Kier molecular flexibility index (Phi) is 7.88. The number of halogens is 1. The third-order valence-corrected chi connectivity index (χ3v) is 4.84. The molecule has 1 N–H and O–H groups in total. The number of amides is 1. The summed E-state index contributed by atoms with van der Waals surface area (Å²) < 4.78 is 12.9. The highest BCUT2D eigenvalue weighted by molar-refractivity contribution is 7.99. The lowest BCUT2D eigenvalue weighted by atomic mass is 10.2. The van der Waals surface area contributed by atoms with Crippen LogP contribution in [-0.4, -0.2) is 41.2 Å². The van der Waals surface area contributed by atoms with Gasteiger partial charge in [0.25, 0.3) is 5.91 Å². The van der Waals surface area contributed by atoms with Crippen molar-refractivity contribution in [2.45, 2.75) is 25.4 Å². The van der Waals surface area contributed by atoms with Crippen LogP contribution in [0.2, 0.25) is 0 Å². The first-order valence-electron chi connectivity index (χ1n) is 8.46. The third-order valence-electron chi connectivity index (χ3n) is 3.92. The molecule has 25 heavy (non-hydrogen) atoms. The quantitative estimate of drug-likeness (QED) is 0.694. The second kappa shape index (κ2) is 10.2. The molecule has 1 amide bonds. The van der Waals surface area contributed by atoms with E-state index in [0.717, 1.165) is 36.0 Å². The SMILES string of the molecule is CCN(CC)CCSc1ccc(C(=O)NCc2ccc(F)cc2)cn1. The van der Waals surface area contributed by atoms with Crippen molar-refractivity contribution in [3.8, 4) is 0 Å². The van der Waals surface area contributed by atoms with Crippen LogP contribution >= 0.6 is 11.8 Å². The predicted molar refractivity (Wildman–Crippen MR) is 100 cm³/mol. The molecule has 2 rings (SSSR count). The monoisotopic (exact) mass is 361 g/mol. The number of carbonyl (C=O) groups is 1. The number of carbonyl (C=O) groups excluding carboxylic acids is 1. The average Bonchev–Trinajstić information content (AvgIpc) is 2.65. The average molecular weight is 361 g/mol. The Morgan fingerprint density at radius 2 is 1.88 bits per heavy atom. The summed E-state index contributed by atoms with van der Waals surface area (Å²) in [5.74, 6) is 0.509. The number of nitrogens with one attached hydrogen (secondary N) is 1. The molecule has 0 atom stereocenters. The fourth-order valence-electron chi connectivity index (χ4n) is 2.31. The first-order valence-corrected chi connectivity index (χ1v) is 9.44. The molecule has 0 aliphatic carbocycles. The van der Waals surface area contributed by atoms with Gasteiger partial charge in [-0.2, -0.15) is 0 Å². The molecule has 0 saturated carbocycles. The van der Waals surface area contributed by atoms with Crippen LogP contribution in [0.5, 0.6) is 0 Å². The minimum Gasteiger partial charge on any atom is -0.348 e. The lowest BCUT2D eigenvalue weighted by Crippen LogP contribution is -2.25. The Labute approximate surface area is 152 Å². The number of thioether (sulfide) groups is 1. The fraction of sp³-hybridized carbons (Fsp3) is 0.368. The molecule has 4 nitrogen and oxygen atoms in total. The molecule has 6 heteroatoms. The molecule has 2 aromatic rings. The first kappa shape index (κ1) is 19.4. The normalized spacial score (nSPS) is 10.9. The maximum Gasteiger partial charge on any atom is 0.253 e. The zero-order chi connectivity index (χ0) is 18.1. The summed E-state index contributed by atoms with van der Waals surface area (Å²) in [6.07, 6.45) is 1.60. The van der Waals surface area contributed by atoms with Gasteiger partial charge < -0.3 is 10.2 Å². The lowest BCUT2D eigenvalue weighted by molar-refractivity contribution is 0.0950. The van der Waals surface area contributed by atoms with Gasteiger partial charge in [-0.15, -0.1) is 11.8 Å². The number of rotatable bonds is 9. The third kappa shape index (κ3) is 6.48. The zero-order valence-corrected chi connectivity index (χ0v) is 15.5. The first-order chi connectivity index (χ1) is 12.1. The van der Waals surface area contributed by atoms with Crippen LogP contribution in [-0.2, 0) is 6.54 Å². The van der Waals surface area contributed by atoms with E-state index in [-0.39, 0.29) is 11.7 Å². The summed E-state index contributed by atoms with van der Waals surface area (Å²) in [7, 11) is 0. The van der Waals surface area contributed by atoms with Gasteiger partial charge in [-0.1, -0.05) is 26.0 Å². The molecule has 0 radical (unpaired) electrons. The Bertz CT molecular complexity index is 657. The molecule has 0 aliphatic heterocycles. The molecule has 0 saturated heterocycles. The molecule has 1 aromatic heterocycles. The van der Waals surface area contributed by atoms with E-state index >= 15 is 0 Å². The van der Waals surface area contributed by atoms with E-state index in [4.69, 9.17) is 0 Å². The van der Waals surface area contributed by atoms with Crippen LogP contribution in [0.4, 0.5) is 4.39 Å². The number of nitrogens with zero attached hydrogens (tertiary/aromatic N) is 2. The van der Waals surface area contributed by atoms with Crippen LogP contribution in [0.1, 0.15) is 29.8 Å². The van der Waals surface area contributed by atoms with E-state index in [9.17, 15) is 9.18 Å². The van der Waals surface area contributed by atoms with Crippen LogP contribution in [0.3, 0.4) is 0 Å². The molecular formula is C19H24FN3OS. The Morgan fingerprint density at radius 1 is 1.16 bits per heavy atom. The maximum atomic E-state index is 12.9. The molecule has 1 heterocycles. The number of hydrogen-bond donors (Lipinski definition) is 1. The highest BCUT2D eigenvalue weighted by Gasteiger charge is 2.07. The second-order valence-electron chi connectivity index (χ2n) is 5.57. The summed E-state index contributed by atoms with van der Waals surface area (Å²) in [5.41, 5.74) is 1.38. The molecule has 0 spiro atoms. The molecule has 134 valence electrons. The van der Waals surface area contributed by atoms with Crippen LogP contribution in [0.25, 0.3) is 0 Å². The largest absolute Gasteiger partial charge is 0.348 e. The Morgan fingerprint density at radius 3 is 2.48 bits per heavy atom. The van der Waals surface area contributed by atoms with Crippen LogP contribution in [0.15, 0.2) is 47.6 Å². The summed E-state index contributed by atoms with van der Waals surface area (Å²) in [4.78, 5) is 18.9. The molecule has 1 aromatic carbocycles. The summed E-state index contributed by atoms with van der Waals surface area (Å²) in [5, 5.41) is 3.73. The van der Waals surface area contributed by atoms with Crippen molar-refractivity contribution in [3.05, 3.63) is 59.5 Å². The summed E-state index contributed by atoms with van der Waals surface area (Å²) in [6.45, 7) is 7.81. The second-order valence-corrected chi connectivity index (χ2v) is 6.68. The van der Waals surface area contributed by atoms with E-state index < -0.39 is 0 Å². The van der Waals surface area contributed by atoms with Gasteiger partial charge in [-0.3, -0.25) is 4.79 Å². The zero-order valence-electron chi connectivity index (χ0n) is 14.7. The minimum absolute atomic E-state index is 0.184. The number of aromatic nitrogens is 1. The fourth-order valence-corrected chi connectivity index (χ4v) is 3.16. The number of hydrogen-bond acceptors (Lipinski definition) is 4. The van der Waals surface area contributed by atoms with E-state index in [2.05, 4.69) is 29.0 Å². The van der Waals surface area contributed by atoms with Crippen LogP contribution in [0, 0.1) is 5.82 Å². The van der Waals surface area contributed by atoms with Gasteiger partial charge >= 0.3 is 0 Å². The van der Waals surface area contributed by atoms with Gasteiger partial charge in [0.05, 0.1) is 10.6 Å². The van der Waals surface area contributed by atoms with Crippen molar-refractivity contribution in [1.29, 1.82) is 0 Å². The van der Waals surface area contributed by atoms with Crippen molar-refractivity contribution >= 4 is 17.7 Å².